The monoisotopic (exact) mass is 346 g/mol. The van der Waals surface area contributed by atoms with Gasteiger partial charge in [-0.15, -0.1) is 0 Å². The lowest BCUT2D eigenvalue weighted by molar-refractivity contribution is -0.121. The van der Waals surface area contributed by atoms with Crippen molar-refractivity contribution in [2.45, 2.75) is 37.8 Å². The molecule has 2 aliphatic rings. The number of hydrogen-bond donors (Lipinski definition) is 0. The van der Waals surface area contributed by atoms with Crippen LogP contribution in [-0.4, -0.2) is 40.6 Å². The van der Waals surface area contributed by atoms with Gasteiger partial charge in [0, 0.05) is 12.5 Å². The molecule has 0 bridgehead atoms. The Morgan fingerprint density at radius 2 is 2.12 bits per heavy atom. The van der Waals surface area contributed by atoms with Gasteiger partial charge in [-0.1, -0.05) is 28.9 Å². The standard InChI is InChI=1S/C17H19ClN4O2/c1-21(10-15-19-16(20-24-15)11-6-7-11)14-8-9-22(17(14)23)13-5-3-2-4-12(13)18/h2-5,11,14H,6-10H2,1H3/t14-/m1/s1. The minimum atomic E-state index is -0.197. The predicted octanol–water partition coefficient (Wildman–Crippen LogP) is 2.84. The molecule has 1 aromatic carbocycles. The Hall–Kier alpha value is -1.92. The Bertz CT molecular complexity index is 759. The first kappa shape index (κ1) is 15.6. The average molecular weight is 347 g/mol. The van der Waals surface area contributed by atoms with Crippen molar-refractivity contribution in [3.05, 3.63) is 41.0 Å². The van der Waals surface area contributed by atoms with Gasteiger partial charge in [0.15, 0.2) is 5.82 Å². The number of hydrogen-bond acceptors (Lipinski definition) is 5. The number of amides is 1. The maximum absolute atomic E-state index is 12.8. The predicted molar refractivity (Wildman–Crippen MR) is 90.0 cm³/mol. The third kappa shape index (κ3) is 2.91. The molecule has 0 unspecified atom stereocenters. The van der Waals surface area contributed by atoms with E-state index in [1.807, 2.05) is 30.1 Å². The Labute approximate surface area is 145 Å². The molecule has 0 radical (unpaired) electrons. The van der Waals surface area contributed by atoms with Crippen molar-refractivity contribution in [1.82, 2.24) is 15.0 Å². The molecule has 1 saturated carbocycles. The number of halogens is 1. The first-order chi connectivity index (χ1) is 11.6. The highest BCUT2D eigenvalue weighted by molar-refractivity contribution is 6.33. The third-order valence-electron chi connectivity index (χ3n) is 4.66. The molecule has 0 N–H and O–H groups in total. The lowest BCUT2D eigenvalue weighted by atomic mass is 10.2. The van der Waals surface area contributed by atoms with Crippen LogP contribution in [0, 0.1) is 0 Å². The van der Waals surface area contributed by atoms with Crippen LogP contribution in [-0.2, 0) is 11.3 Å². The molecular formula is C17H19ClN4O2. The van der Waals surface area contributed by atoms with E-state index >= 15 is 0 Å². The summed E-state index contributed by atoms with van der Waals surface area (Å²) in [7, 11) is 1.92. The zero-order valence-corrected chi connectivity index (χ0v) is 14.2. The summed E-state index contributed by atoms with van der Waals surface area (Å²) in [5.41, 5.74) is 0.772. The van der Waals surface area contributed by atoms with Crippen LogP contribution < -0.4 is 4.90 Å². The molecule has 1 atom stereocenters. The molecule has 1 aliphatic heterocycles. The first-order valence-corrected chi connectivity index (χ1v) is 8.60. The quantitative estimate of drug-likeness (QED) is 0.833. The van der Waals surface area contributed by atoms with E-state index < -0.39 is 0 Å². The minimum Gasteiger partial charge on any atom is -0.338 e. The Kier molecular flexibility index (Phi) is 4.02. The number of likely N-dealkylation sites (N-methyl/N-ethyl adjacent to an activating group) is 1. The highest BCUT2D eigenvalue weighted by atomic mass is 35.5. The summed E-state index contributed by atoms with van der Waals surface area (Å²) in [6.45, 7) is 1.14. The van der Waals surface area contributed by atoms with Gasteiger partial charge in [0.25, 0.3) is 0 Å². The zero-order chi connectivity index (χ0) is 16.7. The first-order valence-electron chi connectivity index (χ1n) is 8.22. The fourth-order valence-corrected chi connectivity index (χ4v) is 3.38. The van der Waals surface area contributed by atoms with Gasteiger partial charge in [0.2, 0.25) is 11.8 Å². The molecule has 24 heavy (non-hydrogen) atoms. The van der Waals surface area contributed by atoms with Gasteiger partial charge in [-0.3, -0.25) is 9.69 Å². The second kappa shape index (κ2) is 6.18. The third-order valence-corrected chi connectivity index (χ3v) is 4.98. The van der Waals surface area contributed by atoms with E-state index in [4.69, 9.17) is 16.1 Å². The molecule has 1 saturated heterocycles. The topological polar surface area (TPSA) is 62.5 Å². The van der Waals surface area contributed by atoms with Crippen molar-refractivity contribution in [2.75, 3.05) is 18.5 Å². The number of para-hydroxylation sites is 1. The van der Waals surface area contributed by atoms with Gasteiger partial charge in [-0.2, -0.15) is 4.98 Å². The number of benzene rings is 1. The molecular weight excluding hydrogens is 328 g/mol. The van der Waals surface area contributed by atoms with Crippen molar-refractivity contribution in [3.63, 3.8) is 0 Å². The van der Waals surface area contributed by atoms with Crippen LogP contribution in [0.2, 0.25) is 5.02 Å². The largest absolute Gasteiger partial charge is 0.338 e. The van der Waals surface area contributed by atoms with E-state index in [0.29, 0.717) is 29.9 Å². The van der Waals surface area contributed by atoms with Gasteiger partial charge in [0.05, 0.1) is 23.3 Å². The van der Waals surface area contributed by atoms with Crippen molar-refractivity contribution >= 4 is 23.2 Å². The Balaban J connectivity index is 1.44. The van der Waals surface area contributed by atoms with Gasteiger partial charge in [0.1, 0.15) is 0 Å². The summed E-state index contributed by atoms with van der Waals surface area (Å²) in [6.07, 6.45) is 3.04. The molecule has 2 aromatic rings. The summed E-state index contributed by atoms with van der Waals surface area (Å²) < 4.78 is 5.31. The van der Waals surface area contributed by atoms with Gasteiger partial charge < -0.3 is 9.42 Å². The molecule has 2 heterocycles. The van der Waals surface area contributed by atoms with Crippen molar-refractivity contribution < 1.29 is 9.32 Å². The highest BCUT2D eigenvalue weighted by Gasteiger charge is 2.36. The molecule has 7 heteroatoms. The van der Waals surface area contributed by atoms with Gasteiger partial charge >= 0.3 is 0 Å². The Morgan fingerprint density at radius 3 is 2.88 bits per heavy atom. The number of nitrogens with zero attached hydrogens (tertiary/aromatic N) is 4. The molecule has 4 rings (SSSR count). The molecule has 6 nitrogen and oxygen atoms in total. The summed E-state index contributed by atoms with van der Waals surface area (Å²) >= 11 is 6.22. The van der Waals surface area contributed by atoms with Gasteiger partial charge in [-0.05, 0) is 38.4 Å². The molecule has 1 aromatic heterocycles. The second-order valence-corrected chi connectivity index (χ2v) is 6.89. The fourth-order valence-electron chi connectivity index (χ4n) is 3.15. The number of carbonyl (C=O) groups is 1. The van der Waals surface area contributed by atoms with E-state index in [0.717, 1.165) is 30.8 Å². The summed E-state index contributed by atoms with van der Waals surface area (Å²) in [6, 6.07) is 7.24. The van der Waals surface area contributed by atoms with Crippen LogP contribution in [0.1, 0.15) is 36.9 Å². The van der Waals surface area contributed by atoms with Crippen molar-refractivity contribution in [2.24, 2.45) is 0 Å². The van der Waals surface area contributed by atoms with Crippen LogP contribution in [0.15, 0.2) is 28.8 Å². The summed E-state index contributed by atoms with van der Waals surface area (Å²) in [5.74, 6) is 1.90. The SMILES string of the molecule is CN(Cc1nc(C2CC2)no1)[C@@H]1CCN(c2ccccc2Cl)C1=O. The maximum atomic E-state index is 12.8. The second-order valence-electron chi connectivity index (χ2n) is 6.48. The van der Waals surface area contributed by atoms with Crippen LogP contribution in [0.3, 0.4) is 0 Å². The zero-order valence-electron chi connectivity index (χ0n) is 13.5. The lowest BCUT2D eigenvalue weighted by Gasteiger charge is -2.22. The number of anilines is 1. The lowest BCUT2D eigenvalue weighted by Crippen LogP contribution is -2.39. The molecule has 2 fully saturated rings. The summed E-state index contributed by atoms with van der Waals surface area (Å²) in [5, 5.41) is 4.62. The average Bonchev–Trinajstić information content (AvgIpc) is 3.20. The molecule has 1 amide bonds. The smallest absolute Gasteiger partial charge is 0.244 e. The van der Waals surface area contributed by atoms with Crippen molar-refractivity contribution in [3.8, 4) is 0 Å². The number of rotatable bonds is 5. The Morgan fingerprint density at radius 1 is 1.33 bits per heavy atom. The van der Waals surface area contributed by atoms with E-state index in [9.17, 15) is 4.79 Å². The normalized spacial score (nSPS) is 21.0. The number of carbonyl (C=O) groups excluding carboxylic acids is 1. The van der Waals surface area contributed by atoms with E-state index in [1.54, 1.807) is 11.0 Å². The molecule has 0 spiro atoms. The van der Waals surface area contributed by atoms with E-state index in [-0.39, 0.29) is 11.9 Å². The van der Waals surface area contributed by atoms with Gasteiger partial charge in [-0.25, -0.2) is 0 Å². The summed E-state index contributed by atoms with van der Waals surface area (Å²) in [4.78, 5) is 20.9. The molecule has 126 valence electrons. The van der Waals surface area contributed by atoms with Crippen LogP contribution >= 0.6 is 11.6 Å². The minimum absolute atomic E-state index is 0.0625. The highest BCUT2D eigenvalue weighted by Crippen LogP contribution is 2.38. The van der Waals surface area contributed by atoms with Crippen LogP contribution in [0.5, 0.6) is 0 Å². The van der Waals surface area contributed by atoms with E-state index in [1.165, 1.54) is 0 Å². The molecule has 1 aliphatic carbocycles. The van der Waals surface area contributed by atoms with Crippen LogP contribution in [0.25, 0.3) is 0 Å². The van der Waals surface area contributed by atoms with Crippen LogP contribution in [0.4, 0.5) is 5.69 Å². The fraction of sp³-hybridized carbons (Fsp3) is 0.471. The van der Waals surface area contributed by atoms with Crippen molar-refractivity contribution in [1.29, 1.82) is 0 Å². The van der Waals surface area contributed by atoms with E-state index in [2.05, 4.69) is 10.1 Å². The maximum Gasteiger partial charge on any atom is 0.244 e. The number of aromatic nitrogens is 2.